The maximum Gasteiger partial charge on any atom is 0.119 e. The van der Waals surface area contributed by atoms with Gasteiger partial charge in [0, 0.05) is 32.7 Å². The van der Waals surface area contributed by atoms with Crippen molar-refractivity contribution in [2.24, 2.45) is 5.92 Å². The van der Waals surface area contributed by atoms with E-state index < -0.39 is 0 Å². The van der Waals surface area contributed by atoms with Crippen LogP contribution in [0.5, 0.6) is 5.75 Å². The molecule has 1 heterocycles. The molecule has 0 spiro atoms. The van der Waals surface area contributed by atoms with E-state index >= 15 is 0 Å². The lowest BCUT2D eigenvalue weighted by Crippen LogP contribution is -2.47. The molecule has 118 valence electrons. The summed E-state index contributed by atoms with van der Waals surface area (Å²) in [5, 5.41) is 0. The van der Waals surface area contributed by atoms with Gasteiger partial charge in [0.05, 0.1) is 0 Å². The fourth-order valence-corrected chi connectivity index (χ4v) is 2.81. The van der Waals surface area contributed by atoms with E-state index in [0.29, 0.717) is 5.92 Å². The normalized spacial score (nSPS) is 17.3. The predicted octanol–water partition coefficient (Wildman–Crippen LogP) is 2.90. The summed E-state index contributed by atoms with van der Waals surface area (Å²) in [6.45, 7) is 14.5. The van der Waals surface area contributed by atoms with Gasteiger partial charge in [-0.2, -0.15) is 0 Å². The number of benzene rings is 1. The fraction of sp³-hybridized carbons (Fsp3) is 0.667. The number of hydrogen-bond acceptors (Lipinski definition) is 3. The highest BCUT2D eigenvalue weighted by Gasteiger charge is 2.14. The molecule has 1 saturated heterocycles. The lowest BCUT2D eigenvalue weighted by molar-refractivity contribution is 0.121. The summed E-state index contributed by atoms with van der Waals surface area (Å²) >= 11 is 0. The van der Waals surface area contributed by atoms with E-state index in [1.165, 1.54) is 38.3 Å². The van der Waals surface area contributed by atoms with Crippen molar-refractivity contribution >= 4 is 0 Å². The van der Waals surface area contributed by atoms with E-state index in [1.54, 1.807) is 0 Å². The lowest BCUT2D eigenvalue weighted by atomic mass is 10.0. The van der Waals surface area contributed by atoms with Crippen LogP contribution in [0.2, 0.25) is 0 Å². The van der Waals surface area contributed by atoms with Crippen LogP contribution in [0, 0.1) is 5.92 Å². The highest BCUT2D eigenvalue weighted by Crippen LogP contribution is 2.15. The standard InChI is InChI=1S/C18H30N2O/c1-4-19-9-11-20(12-10-19)13-14-21-18-7-5-17(6-8-18)15-16(2)3/h5-8,16H,4,9-15H2,1-3H3. The maximum absolute atomic E-state index is 5.87. The molecule has 0 atom stereocenters. The van der Waals surface area contributed by atoms with Crippen molar-refractivity contribution in [3.05, 3.63) is 29.8 Å². The Morgan fingerprint density at radius 3 is 2.19 bits per heavy atom. The van der Waals surface area contributed by atoms with Gasteiger partial charge in [0.1, 0.15) is 12.4 Å². The second kappa shape index (κ2) is 8.40. The SMILES string of the molecule is CCN1CCN(CCOc2ccc(CC(C)C)cc2)CC1. The molecule has 0 bridgehead atoms. The molecule has 1 aromatic rings. The molecule has 0 aromatic heterocycles. The first kappa shape index (κ1) is 16.3. The minimum Gasteiger partial charge on any atom is -0.492 e. The molecule has 1 aromatic carbocycles. The molecule has 1 aliphatic rings. The molecule has 0 radical (unpaired) electrons. The molecule has 21 heavy (non-hydrogen) atoms. The maximum atomic E-state index is 5.87. The summed E-state index contributed by atoms with van der Waals surface area (Å²) in [6.07, 6.45) is 1.14. The summed E-state index contributed by atoms with van der Waals surface area (Å²) in [4.78, 5) is 5.00. The molecule has 0 N–H and O–H groups in total. The van der Waals surface area contributed by atoms with Gasteiger partial charge in [-0.1, -0.05) is 32.9 Å². The number of hydrogen-bond donors (Lipinski definition) is 0. The van der Waals surface area contributed by atoms with Gasteiger partial charge >= 0.3 is 0 Å². The summed E-state index contributed by atoms with van der Waals surface area (Å²) in [7, 11) is 0. The molecule has 0 unspecified atom stereocenters. The van der Waals surface area contributed by atoms with E-state index in [-0.39, 0.29) is 0 Å². The Bertz CT molecular complexity index is 394. The Morgan fingerprint density at radius 2 is 1.62 bits per heavy atom. The molecule has 3 nitrogen and oxygen atoms in total. The van der Waals surface area contributed by atoms with Crippen LogP contribution < -0.4 is 4.74 Å². The molecule has 0 amide bonds. The zero-order valence-electron chi connectivity index (χ0n) is 13.8. The first-order chi connectivity index (χ1) is 10.2. The number of rotatable bonds is 7. The van der Waals surface area contributed by atoms with Crippen LogP contribution >= 0.6 is 0 Å². The quantitative estimate of drug-likeness (QED) is 0.768. The Balaban J connectivity index is 1.67. The van der Waals surface area contributed by atoms with Crippen LogP contribution in [0.1, 0.15) is 26.3 Å². The van der Waals surface area contributed by atoms with Gasteiger partial charge in [-0.25, -0.2) is 0 Å². The Kier molecular flexibility index (Phi) is 6.52. The zero-order valence-corrected chi connectivity index (χ0v) is 13.8. The first-order valence-corrected chi connectivity index (χ1v) is 8.34. The molecule has 2 rings (SSSR count). The van der Waals surface area contributed by atoms with E-state index in [2.05, 4.69) is 54.8 Å². The van der Waals surface area contributed by atoms with Crippen molar-refractivity contribution in [2.45, 2.75) is 27.2 Å². The van der Waals surface area contributed by atoms with Gasteiger partial charge in [-0.15, -0.1) is 0 Å². The molecule has 3 heteroatoms. The highest BCUT2D eigenvalue weighted by atomic mass is 16.5. The summed E-state index contributed by atoms with van der Waals surface area (Å²) < 4.78 is 5.87. The minimum absolute atomic E-state index is 0.707. The van der Waals surface area contributed by atoms with Crippen LogP contribution in [0.25, 0.3) is 0 Å². The third-order valence-corrected chi connectivity index (χ3v) is 4.16. The first-order valence-electron chi connectivity index (χ1n) is 8.34. The van der Waals surface area contributed by atoms with Crippen LogP contribution in [-0.4, -0.2) is 55.7 Å². The minimum atomic E-state index is 0.707. The second-order valence-electron chi connectivity index (χ2n) is 6.37. The Labute approximate surface area is 129 Å². The van der Waals surface area contributed by atoms with Crippen LogP contribution in [0.15, 0.2) is 24.3 Å². The summed E-state index contributed by atoms with van der Waals surface area (Å²) in [5.41, 5.74) is 1.40. The van der Waals surface area contributed by atoms with Crippen molar-refractivity contribution in [1.29, 1.82) is 0 Å². The third kappa shape index (κ3) is 5.68. The van der Waals surface area contributed by atoms with E-state index in [0.717, 1.165) is 25.3 Å². The number of likely N-dealkylation sites (N-methyl/N-ethyl adjacent to an activating group) is 1. The number of ether oxygens (including phenoxy) is 1. The Hall–Kier alpha value is -1.06. The lowest BCUT2D eigenvalue weighted by Gasteiger charge is -2.33. The van der Waals surface area contributed by atoms with Crippen molar-refractivity contribution < 1.29 is 4.74 Å². The van der Waals surface area contributed by atoms with Crippen molar-refractivity contribution in [1.82, 2.24) is 9.80 Å². The predicted molar refractivity (Wildman–Crippen MR) is 89.0 cm³/mol. The van der Waals surface area contributed by atoms with Crippen LogP contribution in [0.4, 0.5) is 0 Å². The Morgan fingerprint density at radius 1 is 1.00 bits per heavy atom. The molecule has 1 fully saturated rings. The second-order valence-corrected chi connectivity index (χ2v) is 6.37. The highest BCUT2D eigenvalue weighted by molar-refractivity contribution is 5.27. The summed E-state index contributed by atoms with van der Waals surface area (Å²) in [5.74, 6) is 1.70. The smallest absolute Gasteiger partial charge is 0.119 e. The largest absolute Gasteiger partial charge is 0.492 e. The number of piperazine rings is 1. The van der Waals surface area contributed by atoms with Gasteiger partial charge in [0.15, 0.2) is 0 Å². The third-order valence-electron chi connectivity index (χ3n) is 4.16. The summed E-state index contributed by atoms with van der Waals surface area (Å²) in [6, 6.07) is 8.59. The molecular weight excluding hydrogens is 260 g/mol. The molecule has 0 aliphatic carbocycles. The van der Waals surface area contributed by atoms with Crippen molar-refractivity contribution in [3.8, 4) is 5.75 Å². The molecule has 0 saturated carbocycles. The van der Waals surface area contributed by atoms with Gasteiger partial charge in [-0.3, -0.25) is 4.90 Å². The number of nitrogens with zero attached hydrogens (tertiary/aromatic N) is 2. The monoisotopic (exact) mass is 290 g/mol. The van der Waals surface area contributed by atoms with Crippen molar-refractivity contribution in [3.63, 3.8) is 0 Å². The van der Waals surface area contributed by atoms with Crippen molar-refractivity contribution in [2.75, 3.05) is 45.9 Å². The van der Waals surface area contributed by atoms with E-state index in [9.17, 15) is 0 Å². The average Bonchev–Trinajstić information content (AvgIpc) is 2.49. The van der Waals surface area contributed by atoms with Crippen LogP contribution in [-0.2, 0) is 6.42 Å². The van der Waals surface area contributed by atoms with Gasteiger partial charge in [0.25, 0.3) is 0 Å². The zero-order chi connectivity index (χ0) is 15.1. The topological polar surface area (TPSA) is 15.7 Å². The molecular formula is C18H30N2O. The molecule has 1 aliphatic heterocycles. The van der Waals surface area contributed by atoms with Gasteiger partial charge < -0.3 is 9.64 Å². The van der Waals surface area contributed by atoms with Gasteiger partial charge in [0.2, 0.25) is 0 Å². The average molecular weight is 290 g/mol. The van der Waals surface area contributed by atoms with E-state index in [4.69, 9.17) is 4.74 Å². The van der Waals surface area contributed by atoms with Crippen LogP contribution in [0.3, 0.4) is 0 Å². The fourth-order valence-electron chi connectivity index (χ4n) is 2.81. The van der Waals surface area contributed by atoms with Gasteiger partial charge in [-0.05, 0) is 36.6 Å². The van der Waals surface area contributed by atoms with E-state index in [1.807, 2.05) is 0 Å².